The number of hydrogen-bond donors (Lipinski definition) is 0. The predicted molar refractivity (Wildman–Crippen MR) is 105 cm³/mol. The number of rotatable bonds is 7. The second-order valence-corrected chi connectivity index (χ2v) is 8.40. The molecule has 1 aliphatic heterocycles. The smallest absolute Gasteiger partial charge is 0.329 e. The van der Waals surface area contributed by atoms with E-state index in [1.807, 2.05) is 26.8 Å². The number of fused-ring (bicyclic) bond motifs is 1. The lowest BCUT2D eigenvalue weighted by atomic mass is 10.0. The van der Waals surface area contributed by atoms with Crippen molar-refractivity contribution < 1.29 is 23.9 Å². The van der Waals surface area contributed by atoms with Crippen molar-refractivity contribution in [3.63, 3.8) is 0 Å². The van der Waals surface area contributed by atoms with Crippen molar-refractivity contribution in [3.05, 3.63) is 57.3 Å². The summed E-state index contributed by atoms with van der Waals surface area (Å²) in [5, 5.41) is 0. The van der Waals surface area contributed by atoms with Crippen molar-refractivity contribution in [2.75, 3.05) is 6.61 Å². The number of aryl methyl sites for hydroxylation is 1. The van der Waals surface area contributed by atoms with Crippen LogP contribution in [0.15, 0.2) is 36.4 Å². The number of nitrogens with zero attached hydrogens (tertiary/aromatic N) is 1. The van der Waals surface area contributed by atoms with Gasteiger partial charge >= 0.3 is 5.97 Å². The Hall–Kier alpha value is -2.80. The number of carbonyl (C=O) groups excluding carboxylic acids is 4. The Balaban J connectivity index is 1.77. The van der Waals surface area contributed by atoms with Crippen molar-refractivity contribution in [2.45, 2.75) is 33.2 Å². The largest absolute Gasteiger partial charge is 0.456 e. The standard InChI is InChI=1S/C21H21NO5S/c1-12(2)10-16(21(26)27-11-17(23)18-9-8-13(3)28-18)22-19(24)14-6-4-5-7-15(14)20(22)25/h4-9,12,16H,10-11H2,1-3H3. The minimum absolute atomic E-state index is 0.0394. The average molecular weight is 399 g/mol. The molecule has 0 bridgehead atoms. The quantitative estimate of drug-likeness (QED) is 0.404. The van der Waals surface area contributed by atoms with E-state index in [-0.39, 0.29) is 29.2 Å². The maximum atomic E-state index is 12.7. The van der Waals surface area contributed by atoms with E-state index in [1.54, 1.807) is 30.3 Å². The molecule has 1 unspecified atom stereocenters. The number of amides is 2. The highest BCUT2D eigenvalue weighted by Gasteiger charge is 2.43. The first-order valence-electron chi connectivity index (χ1n) is 9.02. The van der Waals surface area contributed by atoms with Crippen LogP contribution in [-0.4, -0.2) is 41.1 Å². The van der Waals surface area contributed by atoms with E-state index in [0.29, 0.717) is 4.88 Å². The molecule has 146 valence electrons. The molecule has 0 radical (unpaired) electrons. The lowest BCUT2D eigenvalue weighted by Crippen LogP contribution is -2.46. The van der Waals surface area contributed by atoms with Gasteiger partial charge in [0.1, 0.15) is 6.04 Å². The maximum Gasteiger partial charge on any atom is 0.329 e. The molecule has 6 nitrogen and oxygen atoms in total. The van der Waals surface area contributed by atoms with Crippen molar-refractivity contribution >= 4 is 34.9 Å². The van der Waals surface area contributed by atoms with Gasteiger partial charge in [0.05, 0.1) is 16.0 Å². The summed E-state index contributed by atoms with van der Waals surface area (Å²) in [5.41, 5.74) is 0.554. The van der Waals surface area contributed by atoms with E-state index in [1.165, 1.54) is 11.3 Å². The fraction of sp³-hybridized carbons (Fsp3) is 0.333. The second kappa shape index (κ2) is 8.06. The SMILES string of the molecule is Cc1ccc(C(=O)COC(=O)C(CC(C)C)N2C(=O)c3ccccc3C2=O)s1. The van der Waals surface area contributed by atoms with Gasteiger partial charge in [0.25, 0.3) is 11.8 Å². The fourth-order valence-corrected chi connectivity index (χ4v) is 3.92. The van der Waals surface area contributed by atoms with Crippen LogP contribution in [0, 0.1) is 12.8 Å². The lowest BCUT2D eigenvalue weighted by Gasteiger charge is -2.25. The van der Waals surface area contributed by atoms with Crippen LogP contribution in [0.2, 0.25) is 0 Å². The van der Waals surface area contributed by atoms with Gasteiger partial charge in [-0.15, -0.1) is 11.3 Å². The monoisotopic (exact) mass is 399 g/mol. The zero-order valence-electron chi connectivity index (χ0n) is 15.9. The summed E-state index contributed by atoms with van der Waals surface area (Å²) in [6, 6.07) is 8.92. The number of Topliss-reactive ketones (excluding diaryl/α,β-unsaturated/α-hetero) is 1. The van der Waals surface area contributed by atoms with Crippen molar-refractivity contribution in [3.8, 4) is 0 Å². The number of ketones is 1. The first-order valence-corrected chi connectivity index (χ1v) is 9.84. The van der Waals surface area contributed by atoms with Crippen LogP contribution in [0.4, 0.5) is 0 Å². The van der Waals surface area contributed by atoms with Gasteiger partial charge in [-0.2, -0.15) is 0 Å². The Labute approximate surface area is 167 Å². The van der Waals surface area contributed by atoms with Crippen LogP contribution in [0.3, 0.4) is 0 Å². The van der Waals surface area contributed by atoms with Gasteiger partial charge in [-0.1, -0.05) is 26.0 Å². The summed E-state index contributed by atoms with van der Waals surface area (Å²) >= 11 is 1.32. The van der Waals surface area contributed by atoms with E-state index in [9.17, 15) is 19.2 Å². The predicted octanol–water partition coefficient (Wildman–Crippen LogP) is 3.49. The molecule has 1 aromatic heterocycles. The zero-order chi connectivity index (χ0) is 20.4. The normalized spacial score (nSPS) is 14.4. The van der Waals surface area contributed by atoms with Crippen LogP contribution >= 0.6 is 11.3 Å². The molecule has 1 aliphatic rings. The van der Waals surface area contributed by atoms with Crippen molar-refractivity contribution in [1.29, 1.82) is 0 Å². The first kappa shape index (κ1) is 19.9. The number of ether oxygens (including phenoxy) is 1. The number of carbonyl (C=O) groups is 4. The molecule has 2 aromatic rings. The van der Waals surface area contributed by atoms with Crippen LogP contribution < -0.4 is 0 Å². The summed E-state index contributed by atoms with van der Waals surface area (Å²) in [6.07, 6.45) is 0.261. The highest BCUT2D eigenvalue weighted by molar-refractivity contribution is 7.14. The molecular formula is C21H21NO5S. The van der Waals surface area contributed by atoms with E-state index in [0.717, 1.165) is 9.78 Å². The van der Waals surface area contributed by atoms with E-state index < -0.39 is 30.4 Å². The highest BCUT2D eigenvalue weighted by atomic mass is 32.1. The van der Waals surface area contributed by atoms with E-state index in [4.69, 9.17) is 4.74 Å². The fourth-order valence-electron chi connectivity index (χ4n) is 3.13. The van der Waals surface area contributed by atoms with E-state index >= 15 is 0 Å². The molecule has 1 atom stereocenters. The molecule has 0 saturated carbocycles. The van der Waals surface area contributed by atoms with Crippen molar-refractivity contribution in [1.82, 2.24) is 4.90 Å². The first-order chi connectivity index (χ1) is 13.3. The van der Waals surface area contributed by atoms with Crippen molar-refractivity contribution in [2.24, 2.45) is 5.92 Å². The summed E-state index contributed by atoms with van der Waals surface area (Å²) in [6.45, 7) is 5.24. The van der Waals surface area contributed by atoms with Gasteiger partial charge in [0, 0.05) is 4.88 Å². The zero-order valence-corrected chi connectivity index (χ0v) is 16.7. The lowest BCUT2D eigenvalue weighted by molar-refractivity contribution is -0.147. The number of thiophene rings is 1. The summed E-state index contributed by atoms with van der Waals surface area (Å²) in [5.74, 6) is -2.04. The summed E-state index contributed by atoms with van der Waals surface area (Å²) < 4.78 is 5.21. The molecule has 1 aromatic carbocycles. The van der Waals surface area contributed by atoms with Crippen LogP contribution in [0.1, 0.15) is 55.5 Å². The number of esters is 1. The Kier molecular flexibility index (Phi) is 5.74. The minimum atomic E-state index is -1.06. The van der Waals surface area contributed by atoms with Crippen LogP contribution in [0.5, 0.6) is 0 Å². The molecule has 0 saturated heterocycles. The van der Waals surface area contributed by atoms with Gasteiger partial charge in [-0.05, 0) is 43.5 Å². The molecule has 0 spiro atoms. The third-order valence-electron chi connectivity index (χ3n) is 4.46. The van der Waals surface area contributed by atoms with Gasteiger partial charge < -0.3 is 4.74 Å². The van der Waals surface area contributed by atoms with Gasteiger partial charge in [0.2, 0.25) is 5.78 Å². The number of benzene rings is 1. The third-order valence-corrected chi connectivity index (χ3v) is 5.51. The topological polar surface area (TPSA) is 80.8 Å². The number of hydrogen-bond acceptors (Lipinski definition) is 6. The Bertz CT molecular complexity index is 911. The van der Waals surface area contributed by atoms with Gasteiger partial charge in [0.15, 0.2) is 6.61 Å². The Morgan fingerprint density at radius 3 is 2.14 bits per heavy atom. The molecule has 0 N–H and O–H groups in total. The summed E-state index contributed by atoms with van der Waals surface area (Å²) in [4.78, 5) is 52.9. The molecule has 28 heavy (non-hydrogen) atoms. The van der Waals surface area contributed by atoms with Gasteiger partial charge in [-0.25, -0.2) is 4.79 Å². The van der Waals surface area contributed by atoms with E-state index in [2.05, 4.69) is 0 Å². The Morgan fingerprint density at radius 1 is 1.04 bits per heavy atom. The van der Waals surface area contributed by atoms with Gasteiger partial charge in [-0.3, -0.25) is 19.3 Å². The molecule has 0 fully saturated rings. The summed E-state index contributed by atoms with van der Waals surface area (Å²) in [7, 11) is 0. The molecule has 0 aliphatic carbocycles. The molecular weight excluding hydrogens is 378 g/mol. The van der Waals surface area contributed by atoms with Crippen LogP contribution in [0.25, 0.3) is 0 Å². The molecule has 2 amide bonds. The van der Waals surface area contributed by atoms with Crippen LogP contribution in [-0.2, 0) is 9.53 Å². The molecule has 2 heterocycles. The third kappa shape index (κ3) is 3.89. The average Bonchev–Trinajstić information content (AvgIpc) is 3.20. The maximum absolute atomic E-state index is 12.7. The second-order valence-electron chi connectivity index (χ2n) is 7.11. The molecule has 3 rings (SSSR count). The Morgan fingerprint density at radius 2 is 1.64 bits per heavy atom. The number of imide groups is 1. The molecule has 7 heteroatoms. The highest BCUT2D eigenvalue weighted by Crippen LogP contribution is 2.27. The minimum Gasteiger partial charge on any atom is -0.456 e.